The first-order chi connectivity index (χ1) is 17.4. The number of hydrogen-bond acceptors (Lipinski definition) is 4. The molecule has 6 rings (SSSR count). The van der Waals surface area contributed by atoms with Crippen LogP contribution in [0.25, 0.3) is 10.9 Å². The minimum Gasteiger partial charge on any atom is -0.445 e. The van der Waals surface area contributed by atoms with E-state index in [-0.39, 0.29) is 49.2 Å². The van der Waals surface area contributed by atoms with Gasteiger partial charge in [-0.15, -0.1) is 0 Å². The second-order valence-corrected chi connectivity index (χ2v) is 10.0. The number of piperidine rings is 1. The standard InChI is InChI=1S/C27H27FN4O4/c1-15-9-19-20(29-15)7-8-21(24(19)28)30-25(33)23-11-17-10-22(17)32(23)26(34)18-12-31(13-18)27(35)36-14-16-5-3-2-4-6-16/h2-9,17-18,22-23,29H,10-14H2,1H3,(H,30,33)/t17-,22-,23+/m1/s1. The lowest BCUT2D eigenvalue weighted by molar-refractivity contribution is -0.145. The molecule has 8 nitrogen and oxygen atoms in total. The molecule has 3 amide bonds. The average molecular weight is 491 g/mol. The molecule has 2 aliphatic heterocycles. The number of amides is 3. The second-order valence-electron chi connectivity index (χ2n) is 10.0. The molecule has 2 saturated heterocycles. The average Bonchev–Trinajstić information content (AvgIpc) is 3.32. The lowest BCUT2D eigenvalue weighted by atomic mass is 9.98. The first-order valence-corrected chi connectivity index (χ1v) is 12.3. The van der Waals surface area contributed by atoms with E-state index in [1.165, 1.54) is 11.0 Å². The fourth-order valence-electron chi connectivity index (χ4n) is 5.43. The van der Waals surface area contributed by atoms with Crippen molar-refractivity contribution in [2.24, 2.45) is 11.8 Å². The summed E-state index contributed by atoms with van der Waals surface area (Å²) in [6.07, 6.45) is 1.01. The fraction of sp³-hybridized carbons (Fsp3) is 0.370. The van der Waals surface area contributed by atoms with Gasteiger partial charge in [-0.25, -0.2) is 9.18 Å². The predicted molar refractivity (Wildman–Crippen MR) is 130 cm³/mol. The van der Waals surface area contributed by atoms with Gasteiger partial charge in [-0.2, -0.15) is 0 Å². The first kappa shape index (κ1) is 22.6. The van der Waals surface area contributed by atoms with E-state index in [0.717, 1.165) is 17.7 Å². The number of carbonyl (C=O) groups is 3. The molecule has 1 saturated carbocycles. The van der Waals surface area contributed by atoms with Crippen LogP contribution in [0, 0.1) is 24.6 Å². The number of nitrogens with one attached hydrogen (secondary N) is 2. The molecule has 3 atom stereocenters. The molecule has 186 valence electrons. The molecule has 2 aromatic carbocycles. The van der Waals surface area contributed by atoms with Crippen LogP contribution in [0.2, 0.25) is 0 Å². The highest BCUT2D eigenvalue weighted by atomic mass is 19.1. The normalized spacial score (nSPS) is 22.8. The molecular formula is C27H27FN4O4. The lowest BCUT2D eigenvalue weighted by Crippen LogP contribution is -2.58. The minimum atomic E-state index is -0.636. The van der Waals surface area contributed by atoms with Crippen molar-refractivity contribution < 1.29 is 23.5 Å². The minimum absolute atomic E-state index is 0.0481. The molecule has 9 heteroatoms. The van der Waals surface area contributed by atoms with Gasteiger partial charge in [0.15, 0.2) is 5.82 Å². The van der Waals surface area contributed by atoms with Crippen molar-refractivity contribution in [3.05, 3.63) is 65.6 Å². The number of anilines is 1. The van der Waals surface area contributed by atoms with Gasteiger partial charge >= 0.3 is 6.09 Å². The fourth-order valence-corrected chi connectivity index (χ4v) is 5.43. The van der Waals surface area contributed by atoms with Crippen LogP contribution in [0.3, 0.4) is 0 Å². The van der Waals surface area contributed by atoms with Crippen molar-refractivity contribution >= 4 is 34.5 Å². The van der Waals surface area contributed by atoms with Crippen molar-refractivity contribution in [3.63, 3.8) is 0 Å². The number of carbonyl (C=O) groups excluding carboxylic acids is 3. The Kier molecular flexibility index (Phi) is 5.43. The van der Waals surface area contributed by atoms with Gasteiger partial charge in [-0.3, -0.25) is 9.59 Å². The molecule has 3 heterocycles. The summed E-state index contributed by atoms with van der Waals surface area (Å²) < 4.78 is 20.3. The van der Waals surface area contributed by atoms with Crippen LogP contribution in [0.1, 0.15) is 24.1 Å². The number of halogens is 1. The van der Waals surface area contributed by atoms with E-state index in [1.807, 2.05) is 37.3 Å². The van der Waals surface area contributed by atoms with E-state index in [0.29, 0.717) is 23.2 Å². The Balaban J connectivity index is 1.07. The number of nitrogens with zero attached hydrogens (tertiary/aromatic N) is 2. The summed E-state index contributed by atoms with van der Waals surface area (Å²) in [5.74, 6) is -1.05. The molecule has 3 fully saturated rings. The number of aryl methyl sites for hydroxylation is 1. The summed E-state index contributed by atoms with van der Waals surface area (Å²) in [6.45, 7) is 2.56. The Hall–Kier alpha value is -3.88. The van der Waals surface area contributed by atoms with Crippen LogP contribution in [0.4, 0.5) is 14.9 Å². The number of rotatable bonds is 5. The van der Waals surface area contributed by atoms with Gasteiger partial charge in [-0.05, 0) is 49.4 Å². The van der Waals surface area contributed by atoms with Gasteiger partial charge in [0.25, 0.3) is 0 Å². The summed E-state index contributed by atoms with van der Waals surface area (Å²) in [4.78, 5) is 45.1. The van der Waals surface area contributed by atoms with Crippen LogP contribution in [-0.2, 0) is 20.9 Å². The number of likely N-dealkylation sites (tertiary alicyclic amines) is 2. The summed E-state index contributed by atoms with van der Waals surface area (Å²) >= 11 is 0. The van der Waals surface area contributed by atoms with Gasteiger partial charge in [0.1, 0.15) is 12.6 Å². The quantitative estimate of drug-likeness (QED) is 0.569. The second kappa shape index (κ2) is 8.65. The van der Waals surface area contributed by atoms with Crippen LogP contribution >= 0.6 is 0 Å². The third kappa shape index (κ3) is 3.98. The zero-order valence-electron chi connectivity index (χ0n) is 19.9. The number of ether oxygens (including phenoxy) is 1. The van der Waals surface area contributed by atoms with Gasteiger partial charge in [-0.1, -0.05) is 30.3 Å². The van der Waals surface area contributed by atoms with Crippen LogP contribution in [-0.4, -0.2) is 57.9 Å². The van der Waals surface area contributed by atoms with Gasteiger partial charge in [0, 0.05) is 35.7 Å². The van der Waals surface area contributed by atoms with E-state index in [9.17, 15) is 18.8 Å². The Labute approximate surface area is 207 Å². The highest BCUT2D eigenvalue weighted by Gasteiger charge is 2.57. The highest BCUT2D eigenvalue weighted by molar-refractivity contribution is 6.00. The maximum absolute atomic E-state index is 15.0. The predicted octanol–water partition coefficient (Wildman–Crippen LogP) is 3.81. The summed E-state index contributed by atoms with van der Waals surface area (Å²) in [5.41, 5.74) is 2.50. The van der Waals surface area contributed by atoms with Gasteiger partial charge in [0.05, 0.1) is 11.6 Å². The van der Waals surface area contributed by atoms with Crippen LogP contribution in [0.5, 0.6) is 0 Å². The third-order valence-corrected chi connectivity index (χ3v) is 7.49. The molecule has 1 aliphatic carbocycles. The largest absolute Gasteiger partial charge is 0.445 e. The number of benzene rings is 2. The van der Waals surface area contributed by atoms with E-state index in [4.69, 9.17) is 4.74 Å². The maximum Gasteiger partial charge on any atom is 0.410 e. The highest BCUT2D eigenvalue weighted by Crippen LogP contribution is 2.49. The molecule has 36 heavy (non-hydrogen) atoms. The van der Waals surface area contributed by atoms with Crippen molar-refractivity contribution in [1.29, 1.82) is 0 Å². The molecule has 1 aromatic heterocycles. The van der Waals surface area contributed by atoms with Crippen molar-refractivity contribution in [2.75, 3.05) is 18.4 Å². The van der Waals surface area contributed by atoms with Crippen LogP contribution < -0.4 is 5.32 Å². The smallest absolute Gasteiger partial charge is 0.410 e. The Morgan fingerprint density at radius 1 is 1.11 bits per heavy atom. The zero-order valence-corrected chi connectivity index (χ0v) is 19.9. The molecule has 0 radical (unpaired) electrons. The van der Waals surface area contributed by atoms with Crippen LogP contribution in [0.15, 0.2) is 48.5 Å². The Morgan fingerprint density at radius 2 is 1.89 bits per heavy atom. The number of H-pyrrole nitrogens is 1. The van der Waals surface area contributed by atoms with E-state index < -0.39 is 18.0 Å². The van der Waals surface area contributed by atoms with Gasteiger partial charge < -0.3 is 24.8 Å². The van der Waals surface area contributed by atoms with E-state index in [1.54, 1.807) is 17.0 Å². The molecule has 2 N–H and O–H groups in total. The molecule has 3 aromatic rings. The molecule has 0 bridgehead atoms. The summed E-state index contributed by atoms with van der Waals surface area (Å²) in [5, 5.41) is 3.13. The molecular weight excluding hydrogens is 463 g/mol. The number of hydrogen-bond donors (Lipinski definition) is 2. The maximum atomic E-state index is 15.0. The van der Waals surface area contributed by atoms with Gasteiger partial charge in [0.2, 0.25) is 11.8 Å². The Morgan fingerprint density at radius 3 is 2.67 bits per heavy atom. The first-order valence-electron chi connectivity index (χ1n) is 12.3. The van der Waals surface area contributed by atoms with Crippen molar-refractivity contribution in [3.8, 4) is 0 Å². The van der Waals surface area contributed by atoms with E-state index >= 15 is 0 Å². The summed E-state index contributed by atoms with van der Waals surface area (Å²) in [7, 11) is 0. The van der Waals surface area contributed by atoms with Crippen molar-refractivity contribution in [1.82, 2.24) is 14.8 Å². The summed E-state index contributed by atoms with van der Waals surface area (Å²) in [6, 6.07) is 13.8. The Bertz CT molecular complexity index is 1350. The topological polar surface area (TPSA) is 94.7 Å². The number of fused-ring (bicyclic) bond motifs is 2. The zero-order chi connectivity index (χ0) is 25.0. The third-order valence-electron chi connectivity index (χ3n) is 7.49. The van der Waals surface area contributed by atoms with Crippen molar-refractivity contribution in [2.45, 2.75) is 38.5 Å². The molecule has 0 unspecified atom stereocenters. The molecule has 3 aliphatic rings. The number of aromatic nitrogens is 1. The van der Waals surface area contributed by atoms with E-state index in [2.05, 4.69) is 10.3 Å². The SMILES string of the molecule is Cc1cc2c(F)c(NC(=O)[C@@H]3C[C@H]4C[C@H]4N3C(=O)C3CN(C(=O)OCc4ccccc4)C3)ccc2[nH]1. The lowest BCUT2D eigenvalue weighted by Gasteiger charge is -2.40. The molecule has 0 spiro atoms. The monoisotopic (exact) mass is 490 g/mol. The number of aromatic amines is 1.